The molecule has 0 fully saturated rings. The largest absolute Gasteiger partial charge is 0.356 e. The van der Waals surface area contributed by atoms with E-state index in [0.717, 1.165) is 6.42 Å². The number of carbonyl (C=O) groups excluding carboxylic acids is 1. The van der Waals surface area contributed by atoms with Crippen LogP contribution in [0, 0.1) is 5.82 Å². The fourth-order valence-corrected chi connectivity index (χ4v) is 2.29. The van der Waals surface area contributed by atoms with Gasteiger partial charge in [0.1, 0.15) is 5.82 Å². The minimum Gasteiger partial charge on any atom is -0.356 e. The summed E-state index contributed by atoms with van der Waals surface area (Å²) in [5, 5.41) is 2.85. The second kappa shape index (κ2) is 8.74. The van der Waals surface area contributed by atoms with Gasteiger partial charge in [-0.05, 0) is 26.5 Å². The molecule has 5 heteroatoms. The molecule has 0 aromatic heterocycles. The summed E-state index contributed by atoms with van der Waals surface area (Å²) in [5.74, 6) is -0.247. The summed E-state index contributed by atoms with van der Waals surface area (Å²) in [7, 11) is 1.88. The van der Waals surface area contributed by atoms with Gasteiger partial charge in [-0.3, -0.25) is 9.69 Å². The molecular weight excluding hydrogens is 269 g/mol. The van der Waals surface area contributed by atoms with E-state index < -0.39 is 0 Å². The topological polar surface area (TPSA) is 58.4 Å². The molecule has 0 heterocycles. The average molecular weight is 295 g/mol. The number of nitrogens with two attached hydrogens (primary N) is 1. The Kier molecular flexibility index (Phi) is 7.32. The predicted molar refractivity (Wildman–Crippen MR) is 83.3 cm³/mol. The molecule has 0 saturated heterocycles. The van der Waals surface area contributed by atoms with Crippen molar-refractivity contribution < 1.29 is 9.18 Å². The van der Waals surface area contributed by atoms with Crippen molar-refractivity contribution in [1.29, 1.82) is 0 Å². The predicted octanol–water partition coefficient (Wildman–Crippen LogP) is 2.06. The number of likely N-dealkylation sites (N-methyl/N-ethyl adjacent to an activating group) is 1. The smallest absolute Gasteiger partial charge is 0.221 e. The number of nitrogens with zero attached hydrogens (tertiary/aromatic N) is 1. The van der Waals surface area contributed by atoms with E-state index >= 15 is 0 Å². The third-order valence-electron chi connectivity index (χ3n) is 3.81. The molecule has 0 aliphatic rings. The van der Waals surface area contributed by atoms with Gasteiger partial charge < -0.3 is 11.1 Å². The Balaban J connectivity index is 2.72. The number of halogens is 1. The fraction of sp³-hybridized carbons (Fsp3) is 0.562. The molecular formula is C16H26FN3O. The summed E-state index contributed by atoms with van der Waals surface area (Å²) in [4.78, 5) is 13.8. The second-order valence-corrected chi connectivity index (χ2v) is 5.31. The van der Waals surface area contributed by atoms with E-state index in [1.807, 2.05) is 31.9 Å². The molecule has 0 aliphatic carbocycles. The highest BCUT2D eigenvalue weighted by Gasteiger charge is 2.23. The number of nitrogens with one attached hydrogen (secondary N) is 1. The first-order valence-corrected chi connectivity index (χ1v) is 7.44. The highest BCUT2D eigenvalue weighted by atomic mass is 19.1. The van der Waals surface area contributed by atoms with Crippen molar-refractivity contribution in [2.45, 2.75) is 38.8 Å². The Morgan fingerprint density at radius 3 is 2.67 bits per heavy atom. The lowest BCUT2D eigenvalue weighted by Gasteiger charge is -2.32. The van der Waals surface area contributed by atoms with Crippen molar-refractivity contribution in [3.63, 3.8) is 0 Å². The molecule has 0 spiro atoms. The number of hydrogen-bond donors (Lipinski definition) is 2. The maximum Gasteiger partial charge on any atom is 0.221 e. The van der Waals surface area contributed by atoms with Crippen LogP contribution in [0.15, 0.2) is 24.3 Å². The molecule has 0 saturated carbocycles. The van der Waals surface area contributed by atoms with E-state index in [1.54, 1.807) is 12.1 Å². The summed E-state index contributed by atoms with van der Waals surface area (Å²) in [5.41, 5.74) is 6.41. The van der Waals surface area contributed by atoms with Crippen molar-refractivity contribution in [3.8, 4) is 0 Å². The first-order chi connectivity index (χ1) is 10.0. The van der Waals surface area contributed by atoms with Crippen LogP contribution in [0.1, 0.15) is 38.3 Å². The Hall–Kier alpha value is -1.46. The van der Waals surface area contributed by atoms with E-state index in [9.17, 15) is 9.18 Å². The molecule has 1 rings (SSSR count). The third kappa shape index (κ3) is 5.10. The van der Waals surface area contributed by atoms with Crippen LogP contribution in [0.5, 0.6) is 0 Å². The van der Waals surface area contributed by atoms with E-state index in [4.69, 9.17) is 5.73 Å². The number of carbonyl (C=O) groups is 1. The molecule has 1 amide bonds. The molecule has 0 bridgehead atoms. The van der Waals surface area contributed by atoms with Crippen molar-refractivity contribution in [2.24, 2.45) is 5.73 Å². The van der Waals surface area contributed by atoms with Gasteiger partial charge in [0, 0.05) is 37.2 Å². The number of amides is 1. The first-order valence-electron chi connectivity index (χ1n) is 7.44. The van der Waals surface area contributed by atoms with Gasteiger partial charge in [-0.2, -0.15) is 0 Å². The Labute approximate surface area is 126 Å². The van der Waals surface area contributed by atoms with Gasteiger partial charge in [0.05, 0.1) is 0 Å². The molecule has 1 aromatic rings. The maximum atomic E-state index is 13.9. The molecule has 0 aliphatic heterocycles. The van der Waals surface area contributed by atoms with E-state index in [2.05, 4.69) is 5.32 Å². The van der Waals surface area contributed by atoms with E-state index in [0.29, 0.717) is 25.1 Å². The third-order valence-corrected chi connectivity index (χ3v) is 3.81. The van der Waals surface area contributed by atoms with Crippen molar-refractivity contribution in [1.82, 2.24) is 10.2 Å². The van der Waals surface area contributed by atoms with E-state index in [-0.39, 0.29) is 23.8 Å². The standard InChI is InChI=1S/C16H26FN3O/c1-4-9-19-16(21)10-13(11-18)20(3)12(2)14-7-5-6-8-15(14)17/h5-8,12-13H,4,9-11,18H2,1-3H3,(H,19,21). The van der Waals surface area contributed by atoms with Crippen LogP contribution in [-0.4, -0.2) is 37.0 Å². The molecule has 0 radical (unpaired) electrons. The minimum atomic E-state index is -0.233. The SMILES string of the molecule is CCCNC(=O)CC(CN)N(C)C(C)c1ccccc1F. The quantitative estimate of drug-likeness (QED) is 0.772. The van der Waals surface area contributed by atoms with Crippen molar-refractivity contribution in [3.05, 3.63) is 35.6 Å². The molecule has 21 heavy (non-hydrogen) atoms. The molecule has 118 valence electrons. The maximum absolute atomic E-state index is 13.9. The van der Waals surface area contributed by atoms with Gasteiger partial charge >= 0.3 is 0 Å². The Morgan fingerprint density at radius 2 is 2.10 bits per heavy atom. The number of benzene rings is 1. The van der Waals surface area contributed by atoms with Crippen LogP contribution in [-0.2, 0) is 4.79 Å². The fourth-order valence-electron chi connectivity index (χ4n) is 2.29. The summed E-state index contributed by atoms with van der Waals surface area (Å²) in [6, 6.07) is 6.44. The average Bonchev–Trinajstić information content (AvgIpc) is 2.49. The van der Waals surface area contributed by atoms with Crippen LogP contribution in [0.2, 0.25) is 0 Å². The summed E-state index contributed by atoms with van der Waals surface area (Å²) in [6.45, 7) is 4.95. The van der Waals surface area contributed by atoms with Crippen molar-refractivity contribution in [2.75, 3.05) is 20.1 Å². The van der Waals surface area contributed by atoms with Crippen molar-refractivity contribution >= 4 is 5.91 Å². The van der Waals surface area contributed by atoms with Gasteiger partial charge in [-0.25, -0.2) is 4.39 Å². The normalized spacial score (nSPS) is 14.0. The van der Waals surface area contributed by atoms with Gasteiger partial charge in [0.25, 0.3) is 0 Å². The summed E-state index contributed by atoms with van der Waals surface area (Å²) in [6.07, 6.45) is 1.23. The lowest BCUT2D eigenvalue weighted by Crippen LogP contribution is -2.43. The zero-order valence-electron chi connectivity index (χ0n) is 13.1. The molecule has 2 unspecified atom stereocenters. The zero-order valence-corrected chi connectivity index (χ0v) is 13.1. The van der Waals surface area contributed by atoms with Crippen LogP contribution in [0.3, 0.4) is 0 Å². The van der Waals surface area contributed by atoms with Crippen LogP contribution >= 0.6 is 0 Å². The second-order valence-electron chi connectivity index (χ2n) is 5.31. The van der Waals surface area contributed by atoms with Gasteiger partial charge in [-0.15, -0.1) is 0 Å². The van der Waals surface area contributed by atoms with Gasteiger partial charge in [0.15, 0.2) is 0 Å². The first kappa shape index (κ1) is 17.6. The molecule has 2 atom stereocenters. The highest BCUT2D eigenvalue weighted by Crippen LogP contribution is 2.23. The van der Waals surface area contributed by atoms with Crippen LogP contribution in [0.25, 0.3) is 0 Å². The van der Waals surface area contributed by atoms with E-state index in [1.165, 1.54) is 6.07 Å². The summed E-state index contributed by atoms with van der Waals surface area (Å²) < 4.78 is 13.9. The van der Waals surface area contributed by atoms with Gasteiger partial charge in [-0.1, -0.05) is 25.1 Å². The van der Waals surface area contributed by atoms with Gasteiger partial charge in [0.2, 0.25) is 5.91 Å². The minimum absolute atomic E-state index is 0.0140. The Bertz CT molecular complexity index is 453. The summed E-state index contributed by atoms with van der Waals surface area (Å²) >= 11 is 0. The number of rotatable bonds is 8. The van der Waals surface area contributed by atoms with Crippen LogP contribution < -0.4 is 11.1 Å². The lowest BCUT2D eigenvalue weighted by molar-refractivity contribution is -0.122. The zero-order chi connectivity index (χ0) is 15.8. The monoisotopic (exact) mass is 295 g/mol. The Morgan fingerprint density at radius 1 is 1.43 bits per heavy atom. The molecule has 4 nitrogen and oxygen atoms in total. The number of hydrogen-bond acceptors (Lipinski definition) is 3. The molecule has 1 aromatic carbocycles. The highest BCUT2D eigenvalue weighted by molar-refractivity contribution is 5.76. The lowest BCUT2D eigenvalue weighted by atomic mass is 10.0. The van der Waals surface area contributed by atoms with Crippen LogP contribution in [0.4, 0.5) is 4.39 Å². The molecule has 3 N–H and O–H groups in total.